The molecule has 2 aromatic rings. The minimum Gasteiger partial charge on any atom is -0.383 e. The van der Waals surface area contributed by atoms with E-state index in [0.717, 1.165) is 11.3 Å². The molecule has 1 aliphatic rings. The molecular formula is C14H13ClN4O. The molecule has 6 heteroatoms. The van der Waals surface area contributed by atoms with Crippen molar-refractivity contribution in [3.63, 3.8) is 0 Å². The summed E-state index contributed by atoms with van der Waals surface area (Å²) in [5, 5.41) is 0.617. The Morgan fingerprint density at radius 3 is 2.75 bits per heavy atom. The molecule has 1 aromatic heterocycles. The van der Waals surface area contributed by atoms with Gasteiger partial charge in [0.1, 0.15) is 12.1 Å². The fourth-order valence-electron chi connectivity index (χ4n) is 2.33. The summed E-state index contributed by atoms with van der Waals surface area (Å²) < 4.78 is 0. The Balaban J connectivity index is 1.83. The number of nitrogen functional groups attached to an aromatic ring is 1. The van der Waals surface area contributed by atoms with Crippen LogP contribution in [0.4, 0.5) is 5.82 Å². The molecule has 0 unspecified atom stereocenters. The van der Waals surface area contributed by atoms with Crippen LogP contribution in [0.3, 0.4) is 0 Å². The molecule has 20 heavy (non-hydrogen) atoms. The van der Waals surface area contributed by atoms with E-state index in [1.807, 2.05) is 0 Å². The summed E-state index contributed by atoms with van der Waals surface area (Å²) in [5.74, 6) is 0.484. The van der Waals surface area contributed by atoms with Gasteiger partial charge in [-0.25, -0.2) is 9.97 Å². The first kappa shape index (κ1) is 12.9. The van der Waals surface area contributed by atoms with Gasteiger partial charge in [-0.05, 0) is 30.7 Å². The number of nitrogens with two attached hydrogens (primary N) is 1. The Morgan fingerprint density at radius 2 is 2.00 bits per heavy atom. The number of hydrogen-bond acceptors (Lipinski definition) is 4. The second kappa shape index (κ2) is 5.09. The number of nitrogens with zero attached hydrogens (tertiary/aromatic N) is 3. The van der Waals surface area contributed by atoms with Gasteiger partial charge in [-0.15, -0.1) is 0 Å². The van der Waals surface area contributed by atoms with Crippen molar-refractivity contribution in [3.05, 3.63) is 52.4 Å². The first-order valence-electron chi connectivity index (χ1n) is 6.28. The molecule has 0 atom stereocenters. The monoisotopic (exact) mass is 288 g/mol. The zero-order chi connectivity index (χ0) is 14.1. The summed E-state index contributed by atoms with van der Waals surface area (Å²) in [7, 11) is 0. The highest BCUT2D eigenvalue weighted by Gasteiger charge is 2.24. The smallest absolute Gasteiger partial charge is 0.254 e. The number of carbonyl (C=O) groups excluding carboxylic acids is 1. The number of fused-ring (bicyclic) bond motifs is 1. The lowest BCUT2D eigenvalue weighted by Crippen LogP contribution is -2.36. The normalized spacial score (nSPS) is 13.9. The van der Waals surface area contributed by atoms with Crippen LogP contribution in [0.25, 0.3) is 0 Å². The Bertz CT molecular complexity index is 657. The van der Waals surface area contributed by atoms with E-state index in [0.29, 0.717) is 35.9 Å². The lowest BCUT2D eigenvalue weighted by molar-refractivity contribution is 0.0732. The topological polar surface area (TPSA) is 72.1 Å². The first-order chi connectivity index (χ1) is 9.65. The van der Waals surface area contributed by atoms with Crippen molar-refractivity contribution < 1.29 is 4.79 Å². The van der Waals surface area contributed by atoms with Crippen LogP contribution in [-0.4, -0.2) is 27.3 Å². The molecule has 0 spiro atoms. The van der Waals surface area contributed by atoms with E-state index < -0.39 is 0 Å². The molecule has 0 saturated carbocycles. The third-order valence-corrected chi connectivity index (χ3v) is 3.67. The molecule has 0 bridgehead atoms. The van der Waals surface area contributed by atoms with Crippen LogP contribution >= 0.6 is 11.6 Å². The largest absolute Gasteiger partial charge is 0.383 e. The van der Waals surface area contributed by atoms with Crippen LogP contribution in [0, 0.1) is 0 Å². The average Bonchev–Trinajstić information content (AvgIpc) is 2.47. The van der Waals surface area contributed by atoms with Gasteiger partial charge in [-0.3, -0.25) is 4.79 Å². The van der Waals surface area contributed by atoms with E-state index in [-0.39, 0.29) is 5.91 Å². The van der Waals surface area contributed by atoms with Gasteiger partial charge in [-0.1, -0.05) is 11.6 Å². The van der Waals surface area contributed by atoms with Crippen molar-refractivity contribution in [2.45, 2.75) is 13.0 Å². The van der Waals surface area contributed by atoms with E-state index in [1.54, 1.807) is 29.2 Å². The maximum atomic E-state index is 12.4. The van der Waals surface area contributed by atoms with Crippen LogP contribution in [-0.2, 0) is 13.0 Å². The minimum atomic E-state index is -0.0236. The lowest BCUT2D eigenvalue weighted by atomic mass is 10.0. The van der Waals surface area contributed by atoms with Crippen LogP contribution in [0.5, 0.6) is 0 Å². The molecule has 1 aliphatic heterocycles. The maximum absolute atomic E-state index is 12.4. The Hall–Kier alpha value is -2.14. The molecule has 2 heterocycles. The zero-order valence-corrected chi connectivity index (χ0v) is 11.5. The number of hydrogen-bond donors (Lipinski definition) is 1. The molecule has 5 nitrogen and oxygen atoms in total. The van der Waals surface area contributed by atoms with Crippen molar-refractivity contribution in [2.75, 3.05) is 12.3 Å². The van der Waals surface area contributed by atoms with Gasteiger partial charge in [0.05, 0.1) is 12.2 Å². The second-order valence-electron chi connectivity index (χ2n) is 4.67. The summed E-state index contributed by atoms with van der Waals surface area (Å²) in [5.41, 5.74) is 8.22. The van der Waals surface area contributed by atoms with Crippen LogP contribution in [0.1, 0.15) is 21.6 Å². The Kier molecular flexibility index (Phi) is 3.28. The van der Waals surface area contributed by atoms with Gasteiger partial charge in [0.25, 0.3) is 5.91 Å². The second-order valence-corrected chi connectivity index (χ2v) is 5.10. The van der Waals surface area contributed by atoms with Crippen molar-refractivity contribution in [2.24, 2.45) is 0 Å². The third-order valence-electron chi connectivity index (χ3n) is 3.42. The molecular weight excluding hydrogens is 276 g/mol. The van der Waals surface area contributed by atoms with E-state index in [2.05, 4.69) is 9.97 Å². The first-order valence-corrected chi connectivity index (χ1v) is 6.66. The number of aromatic nitrogens is 2. The van der Waals surface area contributed by atoms with Gasteiger partial charge in [0, 0.05) is 22.7 Å². The number of halogens is 1. The molecule has 102 valence electrons. The summed E-state index contributed by atoms with van der Waals surface area (Å²) in [6.45, 7) is 1.08. The molecule has 1 amide bonds. The van der Waals surface area contributed by atoms with Gasteiger partial charge < -0.3 is 10.6 Å². The van der Waals surface area contributed by atoms with Gasteiger partial charge in [-0.2, -0.15) is 0 Å². The van der Waals surface area contributed by atoms with E-state index in [9.17, 15) is 4.79 Å². The van der Waals surface area contributed by atoms with Crippen LogP contribution < -0.4 is 5.73 Å². The number of carbonyl (C=O) groups is 1. The molecule has 2 N–H and O–H groups in total. The van der Waals surface area contributed by atoms with Crippen molar-refractivity contribution in [1.29, 1.82) is 0 Å². The molecule has 0 saturated heterocycles. The molecule has 0 fully saturated rings. The van der Waals surface area contributed by atoms with Crippen molar-refractivity contribution in [1.82, 2.24) is 14.9 Å². The third kappa shape index (κ3) is 2.32. The Morgan fingerprint density at radius 1 is 1.25 bits per heavy atom. The fourth-order valence-corrected chi connectivity index (χ4v) is 2.45. The van der Waals surface area contributed by atoms with Gasteiger partial charge in [0.2, 0.25) is 0 Å². The number of benzene rings is 1. The summed E-state index contributed by atoms with van der Waals surface area (Å²) in [6.07, 6.45) is 2.12. The highest BCUT2D eigenvalue weighted by atomic mass is 35.5. The number of rotatable bonds is 1. The number of amides is 1. The van der Waals surface area contributed by atoms with Crippen LogP contribution in [0.2, 0.25) is 5.02 Å². The average molecular weight is 289 g/mol. The molecule has 1 aromatic carbocycles. The summed E-state index contributed by atoms with van der Waals surface area (Å²) in [6, 6.07) is 6.89. The predicted octanol–water partition coefficient (Wildman–Crippen LogP) is 1.91. The van der Waals surface area contributed by atoms with E-state index >= 15 is 0 Å². The zero-order valence-electron chi connectivity index (χ0n) is 10.7. The SMILES string of the molecule is Nc1ncnc2c1CCN(C(=O)c1ccc(Cl)cc1)C2. The summed E-state index contributed by atoms with van der Waals surface area (Å²) >= 11 is 5.83. The lowest BCUT2D eigenvalue weighted by Gasteiger charge is -2.28. The van der Waals surface area contributed by atoms with Gasteiger partial charge >= 0.3 is 0 Å². The van der Waals surface area contributed by atoms with Crippen LogP contribution in [0.15, 0.2) is 30.6 Å². The number of anilines is 1. The van der Waals surface area contributed by atoms with Crippen molar-refractivity contribution >= 4 is 23.3 Å². The Labute approximate surface area is 121 Å². The fraction of sp³-hybridized carbons (Fsp3) is 0.214. The molecule has 0 aliphatic carbocycles. The van der Waals surface area contributed by atoms with Gasteiger partial charge in [0.15, 0.2) is 0 Å². The summed E-state index contributed by atoms with van der Waals surface area (Å²) in [4.78, 5) is 22.4. The predicted molar refractivity (Wildman–Crippen MR) is 76.3 cm³/mol. The maximum Gasteiger partial charge on any atom is 0.254 e. The quantitative estimate of drug-likeness (QED) is 0.870. The highest BCUT2D eigenvalue weighted by Crippen LogP contribution is 2.22. The van der Waals surface area contributed by atoms with E-state index in [1.165, 1.54) is 6.33 Å². The molecule has 0 radical (unpaired) electrons. The standard InChI is InChI=1S/C14H13ClN4O/c15-10-3-1-9(2-4-10)14(20)19-6-5-11-12(7-19)17-8-18-13(11)16/h1-4,8H,5-7H2,(H2,16,17,18). The van der Waals surface area contributed by atoms with E-state index in [4.69, 9.17) is 17.3 Å². The van der Waals surface area contributed by atoms with Crippen molar-refractivity contribution in [3.8, 4) is 0 Å². The minimum absolute atomic E-state index is 0.0236. The highest BCUT2D eigenvalue weighted by molar-refractivity contribution is 6.30. The molecule has 3 rings (SSSR count).